The molecule has 1 atom stereocenters. The minimum atomic E-state index is -1.03. The molecule has 1 saturated carbocycles. The maximum atomic E-state index is 15.1. The van der Waals surface area contributed by atoms with Gasteiger partial charge in [-0.25, -0.2) is 9.18 Å². The van der Waals surface area contributed by atoms with Gasteiger partial charge in [0.1, 0.15) is 5.82 Å². The highest BCUT2D eigenvalue weighted by atomic mass is 19.1. The second-order valence-electron chi connectivity index (χ2n) is 9.62. The Hall–Kier alpha value is -3.42. The predicted molar refractivity (Wildman–Crippen MR) is 135 cm³/mol. The third kappa shape index (κ3) is 5.16. The molecular weight excluding hydrogens is 449 g/mol. The average molecular weight is 482 g/mol. The zero-order valence-electron chi connectivity index (χ0n) is 20.2. The summed E-state index contributed by atoms with van der Waals surface area (Å²) < 4.78 is 17.6. The SMILES string of the molecule is CC(C)n1c(=O)n(CCC(C(=O)O)c2ccccc2)c(=O)c2cc(F)c(NC3CCCCC3)cc21. The maximum absolute atomic E-state index is 15.1. The molecule has 8 heteroatoms. The predicted octanol–water partition coefficient (Wildman–Crippen LogP) is 4.89. The second-order valence-corrected chi connectivity index (χ2v) is 9.62. The minimum absolute atomic E-state index is 0.0574. The summed E-state index contributed by atoms with van der Waals surface area (Å²) in [7, 11) is 0. The fraction of sp³-hybridized carbons (Fsp3) is 0.444. The lowest BCUT2D eigenvalue weighted by molar-refractivity contribution is -0.139. The molecule has 1 aliphatic carbocycles. The summed E-state index contributed by atoms with van der Waals surface area (Å²) in [6.45, 7) is 3.57. The third-order valence-corrected chi connectivity index (χ3v) is 6.88. The van der Waals surface area contributed by atoms with Crippen molar-refractivity contribution in [3.8, 4) is 0 Å². The maximum Gasteiger partial charge on any atom is 0.331 e. The molecule has 1 heterocycles. The quantitative estimate of drug-likeness (QED) is 0.478. The van der Waals surface area contributed by atoms with E-state index < -0.39 is 29.0 Å². The Morgan fingerprint density at radius 1 is 1.11 bits per heavy atom. The van der Waals surface area contributed by atoms with Crippen LogP contribution in [0.5, 0.6) is 0 Å². The number of benzene rings is 2. The Morgan fingerprint density at radius 2 is 1.80 bits per heavy atom. The molecule has 0 bridgehead atoms. The van der Waals surface area contributed by atoms with Crippen LogP contribution in [0.15, 0.2) is 52.1 Å². The first-order chi connectivity index (χ1) is 16.8. The van der Waals surface area contributed by atoms with Crippen LogP contribution >= 0.6 is 0 Å². The fourth-order valence-electron chi connectivity index (χ4n) is 5.05. The molecule has 0 spiro atoms. The summed E-state index contributed by atoms with van der Waals surface area (Å²) in [5.74, 6) is -2.43. The number of nitrogens with one attached hydrogen (secondary N) is 1. The zero-order valence-corrected chi connectivity index (χ0v) is 20.2. The van der Waals surface area contributed by atoms with Crippen molar-refractivity contribution in [2.24, 2.45) is 0 Å². The van der Waals surface area contributed by atoms with Gasteiger partial charge in [0.25, 0.3) is 5.56 Å². The van der Waals surface area contributed by atoms with Crippen molar-refractivity contribution in [2.45, 2.75) is 76.9 Å². The van der Waals surface area contributed by atoms with Gasteiger partial charge in [0, 0.05) is 18.6 Å². The van der Waals surface area contributed by atoms with Crippen molar-refractivity contribution in [3.05, 3.63) is 74.7 Å². The van der Waals surface area contributed by atoms with E-state index in [0.717, 1.165) is 30.3 Å². The van der Waals surface area contributed by atoms with Crippen LogP contribution in [-0.4, -0.2) is 26.3 Å². The molecule has 35 heavy (non-hydrogen) atoms. The van der Waals surface area contributed by atoms with Crippen LogP contribution < -0.4 is 16.6 Å². The van der Waals surface area contributed by atoms with Gasteiger partial charge in [0.05, 0.1) is 22.5 Å². The normalized spacial score (nSPS) is 15.4. The average Bonchev–Trinajstić information content (AvgIpc) is 2.83. The molecule has 0 aliphatic heterocycles. The Labute approximate surface area is 203 Å². The van der Waals surface area contributed by atoms with Crippen LogP contribution in [0.4, 0.5) is 10.1 Å². The molecule has 3 aromatic rings. The van der Waals surface area contributed by atoms with E-state index in [4.69, 9.17) is 0 Å². The van der Waals surface area contributed by atoms with Gasteiger partial charge in [-0.05, 0) is 50.8 Å². The highest BCUT2D eigenvalue weighted by molar-refractivity contribution is 5.82. The van der Waals surface area contributed by atoms with E-state index in [1.165, 1.54) is 17.1 Å². The molecule has 186 valence electrons. The number of carboxylic acids is 1. The summed E-state index contributed by atoms with van der Waals surface area (Å²) in [6.07, 6.45) is 5.34. The number of rotatable bonds is 8. The van der Waals surface area contributed by atoms with Crippen LogP contribution in [0.25, 0.3) is 10.9 Å². The lowest BCUT2D eigenvalue weighted by Gasteiger charge is -2.25. The Bertz CT molecular complexity index is 1320. The lowest BCUT2D eigenvalue weighted by Crippen LogP contribution is -2.41. The summed E-state index contributed by atoms with van der Waals surface area (Å²) >= 11 is 0. The summed E-state index contributed by atoms with van der Waals surface area (Å²) in [5.41, 5.74) is 0.142. The van der Waals surface area contributed by atoms with E-state index in [-0.39, 0.29) is 30.4 Å². The summed E-state index contributed by atoms with van der Waals surface area (Å²) in [4.78, 5) is 38.6. The van der Waals surface area contributed by atoms with Gasteiger partial charge in [-0.3, -0.25) is 18.7 Å². The second kappa shape index (κ2) is 10.5. The Morgan fingerprint density at radius 3 is 2.43 bits per heavy atom. The molecular formula is C27H32FN3O4. The smallest absolute Gasteiger partial charge is 0.331 e. The molecule has 1 unspecified atom stereocenters. The highest BCUT2D eigenvalue weighted by Crippen LogP contribution is 2.27. The van der Waals surface area contributed by atoms with Crippen molar-refractivity contribution in [2.75, 3.05) is 5.32 Å². The molecule has 0 amide bonds. The van der Waals surface area contributed by atoms with Crippen LogP contribution in [0.3, 0.4) is 0 Å². The van der Waals surface area contributed by atoms with Crippen LogP contribution in [0.1, 0.15) is 69.9 Å². The number of aromatic nitrogens is 2. The van der Waals surface area contributed by atoms with Crippen molar-refractivity contribution in [1.29, 1.82) is 0 Å². The van der Waals surface area contributed by atoms with E-state index in [2.05, 4.69) is 5.32 Å². The Balaban J connectivity index is 1.75. The van der Waals surface area contributed by atoms with Gasteiger partial charge >= 0.3 is 11.7 Å². The molecule has 2 aromatic carbocycles. The summed E-state index contributed by atoms with van der Waals surface area (Å²) in [6, 6.07) is 11.4. The van der Waals surface area contributed by atoms with E-state index in [1.54, 1.807) is 36.4 Å². The topological polar surface area (TPSA) is 93.3 Å². The van der Waals surface area contributed by atoms with Crippen LogP contribution in [0.2, 0.25) is 0 Å². The van der Waals surface area contributed by atoms with E-state index in [0.29, 0.717) is 16.8 Å². The molecule has 7 nitrogen and oxygen atoms in total. The first-order valence-electron chi connectivity index (χ1n) is 12.3. The van der Waals surface area contributed by atoms with Gasteiger partial charge in [-0.2, -0.15) is 0 Å². The monoisotopic (exact) mass is 481 g/mol. The summed E-state index contributed by atoms with van der Waals surface area (Å²) in [5, 5.41) is 13.1. The first-order valence-corrected chi connectivity index (χ1v) is 12.3. The molecule has 1 fully saturated rings. The van der Waals surface area contributed by atoms with Crippen LogP contribution in [0, 0.1) is 5.82 Å². The van der Waals surface area contributed by atoms with Crippen molar-refractivity contribution in [1.82, 2.24) is 9.13 Å². The van der Waals surface area contributed by atoms with E-state index in [9.17, 15) is 19.5 Å². The van der Waals surface area contributed by atoms with Crippen molar-refractivity contribution < 1.29 is 14.3 Å². The largest absolute Gasteiger partial charge is 0.481 e. The molecule has 2 N–H and O–H groups in total. The molecule has 4 rings (SSSR count). The molecule has 1 aliphatic rings. The van der Waals surface area contributed by atoms with E-state index in [1.807, 2.05) is 13.8 Å². The number of anilines is 1. The molecule has 0 radical (unpaired) electrons. The number of nitrogens with zero attached hydrogens (tertiary/aromatic N) is 2. The zero-order chi connectivity index (χ0) is 25.1. The molecule has 0 saturated heterocycles. The third-order valence-electron chi connectivity index (χ3n) is 6.88. The van der Waals surface area contributed by atoms with Gasteiger partial charge in [-0.15, -0.1) is 0 Å². The van der Waals surface area contributed by atoms with Crippen molar-refractivity contribution >= 4 is 22.6 Å². The number of hydrogen-bond donors (Lipinski definition) is 2. The number of halogens is 1. The van der Waals surface area contributed by atoms with Gasteiger partial charge in [0.2, 0.25) is 0 Å². The molecule has 1 aromatic heterocycles. The van der Waals surface area contributed by atoms with Crippen LogP contribution in [-0.2, 0) is 11.3 Å². The Kier molecular flexibility index (Phi) is 7.38. The standard InChI is InChI=1S/C27H32FN3O4/c1-17(2)31-24-16-23(29-19-11-7-4-8-12-19)22(28)15-21(24)25(32)30(27(31)35)14-13-20(26(33)34)18-9-5-3-6-10-18/h3,5-6,9-10,15-17,19-20,29H,4,7-8,11-14H2,1-2H3,(H,33,34). The number of aliphatic carboxylic acids is 1. The van der Waals surface area contributed by atoms with Gasteiger partial charge < -0.3 is 10.4 Å². The number of hydrogen-bond acceptors (Lipinski definition) is 4. The van der Waals surface area contributed by atoms with Gasteiger partial charge in [0.15, 0.2) is 0 Å². The number of fused-ring (bicyclic) bond motifs is 1. The van der Waals surface area contributed by atoms with Gasteiger partial charge in [-0.1, -0.05) is 49.6 Å². The lowest BCUT2D eigenvalue weighted by atomic mass is 9.95. The highest BCUT2D eigenvalue weighted by Gasteiger charge is 2.23. The number of carbonyl (C=O) groups is 1. The minimum Gasteiger partial charge on any atom is -0.481 e. The van der Waals surface area contributed by atoms with E-state index >= 15 is 4.39 Å². The fourth-order valence-corrected chi connectivity index (χ4v) is 5.05. The van der Waals surface area contributed by atoms with Crippen molar-refractivity contribution in [3.63, 3.8) is 0 Å². The first kappa shape index (κ1) is 24.7. The number of carboxylic acid groups (broad SMARTS) is 1.